The molecule has 0 aliphatic carbocycles. The van der Waals surface area contributed by atoms with Crippen molar-refractivity contribution >= 4 is 0 Å². The van der Waals surface area contributed by atoms with Gasteiger partial charge in [-0.3, -0.25) is 4.90 Å². The predicted octanol–water partition coefficient (Wildman–Crippen LogP) is 0.703. The van der Waals surface area contributed by atoms with E-state index >= 15 is 0 Å². The van der Waals surface area contributed by atoms with E-state index in [1.165, 1.54) is 5.56 Å². The van der Waals surface area contributed by atoms with Crippen LogP contribution >= 0.6 is 0 Å². The minimum Gasteiger partial charge on any atom is -0.454 e. The number of ether oxygens (including phenoxy) is 2. The van der Waals surface area contributed by atoms with Gasteiger partial charge in [-0.05, 0) is 37.0 Å². The summed E-state index contributed by atoms with van der Waals surface area (Å²) in [6, 6.07) is 6.87. The average Bonchev–Trinajstić information content (AvgIpc) is 3.16. The quantitative estimate of drug-likeness (QED) is 0.745. The first-order valence-electron chi connectivity index (χ1n) is 7.70. The van der Waals surface area contributed by atoms with Crippen LogP contribution in [-0.4, -0.2) is 37.0 Å². The van der Waals surface area contributed by atoms with Crippen molar-refractivity contribution in [2.75, 3.05) is 19.9 Å². The van der Waals surface area contributed by atoms with Crippen LogP contribution in [-0.2, 0) is 0 Å². The number of rotatable bonds is 2. The second-order valence-electron chi connectivity index (χ2n) is 6.08. The largest absolute Gasteiger partial charge is 0.454 e. The molecule has 21 heavy (non-hydrogen) atoms. The number of nitrogens with two attached hydrogens (primary N) is 1. The maximum Gasteiger partial charge on any atom is 0.231 e. The van der Waals surface area contributed by atoms with Gasteiger partial charge in [0.05, 0.1) is 6.17 Å². The predicted molar refractivity (Wildman–Crippen MR) is 78.8 cm³/mol. The fourth-order valence-electron chi connectivity index (χ4n) is 3.36. The number of hydrogen-bond donors (Lipinski definition) is 3. The molecule has 4 N–H and O–H groups in total. The van der Waals surface area contributed by atoms with E-state index in [9.17, 15) is 0 Å². The smallest absolute Gasteiger partial charge is 0.231 e. The number of benzene rings is 1. The number of fused-ring (bicyclic) bond motifs is 1. The molecule has 2 unspecified atom stereocenters. The molecule has 3 aliphatic rings. The Morgan fingerprint density at radius 1 is 1.10 bits per heavy atom. The molecule has 6 nitrogen and oxygen atoms in total. The fourth-order valence-corrected chi connectivity index (χ4v) is 3.36. The van der Waals surface area contributed by atoms with Crippen molar-refractivity contribution in [2.45, 2.75) is 37.5 Å². The Morgan fingerprint density at radius 2 is 1.90 bits per heavy atom. The minimum absolute atomic E-state index is 0.306. The zero-order valence-corrected chi connectivity index (χ0v) is 12.0. The van der Waals surface area contributed by atoms with Gasteiger partial charge in [-0.25, -0.2) is 10.9 Å². The van der Waals surface area contributed by atoms with Crippen LogP contribution in [0.3, 0.4) is 0 Å². The summed E-state index contributed by atoms with van der Waals surface area (Å²) in [7, 11) is 0. The summed E-state index contributed by atoms with van der Waals surface area (Å²) in [4.78, 5) is 2.49. The summed E-state index contributed by atoms with van der Waals surface area (Å²) in [6.07, 6.45) is 3.61. The van der Waals surface area contributed by atoms with Crippen LogP contribution in [0.5, 0.6) is 11.5 Å². The highest BCUT2D eigenvalue weighted by atomic mass is 16.7. The molecule has 1 aromatic carbocycles. The monoisotopic (exact) mass is 290 g/mol. The molecule has 0 radical (unpaired) electrons. The van der Waals surface area contributed by atoms with E-state index in [4.69, 9.17) is 15.2 Å². The molecule has 3 aliphatic heterocycles. The molecule has 114 valence electrons. The molecule has 0 amide bonds. The molecule has 0 saturated carbocycles. The van der Waals surface area contributed by atoms with E-state index in [1.807, 2.05) is 6.07 Å². The maximum atomic E-state index is 5.98. The van der Waals surface area contributed by atoms with Gasteiger partial charge in [0.25, 0.3) is 0 Å². The SMILES string of the molecule is NC1CCN(C2CC(c3ccc4c(c3)OCO4)NN2)CC1. The van der Waals surface area contributed by atoms with Gasteiger partial charge >= 0.3 is 0 Å². The normalized spacial score (nSPS) is 30.0. The summed E-state index contributed by atoms with van der Waals surface area (Å²) in [5.41, 5.74) is 14.0. The number of likely N-dealkylation sites (tertiary alicyclic amines) is 1. The first kappa shape index (κ1) is 13.3. The van der Waals surface area contributed by atoms with E-state index in [-0.39, 0.29) is 0 Å². The lowest BCUT2D eigenvalue weighted by molar-refractivity contribution is 0.137. The van der Waals surface area contributed by atoms with Crippen molar-refractivity contribution in [2.24, 2.45) is 5.73 Å². The van der Waals surface area contributed by atoms with E-state index in [2.05, 4.69) is 27.9 Å². The number of piperidine rings is 1. The van der Waals surface area contributed by atoms with Crippen molar-refractivity contribution in [1.82, 2.24) is 15.8 Å². The third kappa shape index (κ3) is 2.60. The van der Waals surface area contributed by atoms with Crippen LogP contribution in [0, 0.1) is 0 Å². The van der Waals surface area contributed by atoms with Gasteiger partial charge in [-0.2, -0.15) is 0 Å². The molecule has 1 aromatic rings. The van der Waals surface area contributed by atoms with Gasteiger partial charge < -0.3 is 15.2 Å². The molecular formula is C15H22N4O2. The topological polar surface area (TPSA) is 71.8 Å². The molecule has 4 rings (SSSR count). The Morgan fingerprint density at radius 3 is 2.76 bits per heavy atom. The van der Waals surface area contributed by atoms with Crippen LogP contribution < -0.4 is 26.1 Å². The van der Waals surface area contributed by atoms with Crippen LogP contribution in [0.2, 0.25) is 0 Å². The first-order chi connectivity index (χ1) is 10.3. The summed E-state index contributed by atoms with van der Waals surface area (Å²) in [6.45, 7) is 2.48. The van der Waals surface area contributed by atoms with Gasteiger partial charge in [0, 0.05) is 25.2 Å². The molecule has 2 atom stereocenters. The van der Waals surface area contributed by atoms with Crippen LogP contribution in [0.25, 0.3) is 0 Å². The highest BCUT2D eigenvalue weighted by molar-refractivity contribution is 5.45. The summed E-state index contributed by atoms with van der Waals surface area (Å²) in [5.74, 6) is 1.69. The zero-order chi connectivity index (χ0) is 14.2. The highest BCUT2D eigenvalue weighted by Crippen LogP contribution is 2.36. The number of hydrogen-bond acceptors (Lipinski definition) is 6. The Balaban J connectivity index is 1.42. The zero-order valence-electron chi connectivity index (χ0n) is 12.0. The summed E-state index contributed by atoms with van der Waals surface area (Å²) in [5, 5.41) is 0. The number of nitrogens with one attached hydrogen (secondary N) is 2. The van der Waals surface area contributed by atoms with E-state index in [1.54, 1.807) is 0 Å². The third-order valence-electron chi connectivity index (χ3n) is 4.70. The molecule has 2 saturated heterocycles. The van der Waals surface area contributed by atoms with Gasteiger partial charge in [-0.15, -0.1) is 0 Å². The number of hydrazine groups is 1. The standard InChI is InChI=1S/C15H22N4O2/c16-11-3-5-19(6-4-11)15-8-12(17-18-15)10-1-2-13-14(7-10)21-9-20-13/h1-2,7,11-12,15,17-18H,3-6,8-9,16H2. The molecule has 0 bridgehead atoms. The van der Waals surface area contributed by atoms with E-state index in [0.29, 0.717) is 25.0 Å². The molecule has 2 fully saturated rings. The molecule has 0 spiro atoms. The fraction of sp³-hybridized carbons (Fsp3) is 0.600. The third-order valence-corrected chi connectivity index (χ3v) is 4.70. The molecule has 0 aromatic heterocycles. The summed E-state index contributed by atoms with van der Waals surface area (Å²) < 4.78 is 10.8. The lowest BCUT2D eigenvalue weighted by Gasteiger charge is -2.34. The van der Waals surface area contributed by atoms with Gasteiger partial charge in [0.15, 0.2) is 11.5 Å². The second kappa shape index (κ2) is 5.46. The molecule has 3 heterocycles. The second-order valence-corrected chi connectivity index (χ2v) is 6.08. The Labute approximate surface area is 124 Å². The van der Waals surface area contributed by atoms with Gasteiger partial charge in [0.1, 0.15) is 0 Å². The lowest BCUT2D eigenvalue weighted by Crippen LogP contribution is -2.50. The highest BCUT2D eigenvalue weighted by Gasteiger charge is 2.31. The Bertz CT molecular complexity index is 516. The van der Waals surface area contributed by atoms with Crippen molar-refractivity contribution in [3.05, 3.63) is 23.8 Å². The van der Waals surface area contributed by atoms with Crippen molar-refractivity contribution in [3.8, 4) is 11.5 Å². The van der Waals surface area contributed by atoms with Gasteiger partial charge in [0.2, 0.25) is 6.79 Å². The van der Waals surface area contributed by atoms with Crippen molar-refractivity contribution < 1.29 is 9.47 Å². The Hall–Kier alpha value is -1.34. The van der Waals surface area contributed by atoms with Crippen molar-refractivity contribution in [3.63, 3.8) is 0 Å². The van der Waals surface area contributed by atoms with E-state index in [0.717, 1.165) is 43.9 Å². The van der Waals surface area contributed by atoms with Crippen LogP contribution in [0.15, 0.2) is 18.2 Å². The van der Waals surface area contributed by atoms with Crippen LogP contribution in [0.4, 0.5) is 0 Å². The lowest BCUT2D eigenvalue weighted by atomic mass is 10.0. The number of nitrogens with zero attached hydrogens (tertiary/aromatic N) is 1. The average molecular weight is 290 g/mol. The van der Waals surface area contributed by atoms with Gasteiger partial charge in [-0.1, -0.05) is 6.07 Å². The first-order valence-corrected chi connectivity index (χ1v) is 7.70. The molecule has 6 heteroatoms. The molecular weight excluding hydrogens is 268 g/mol. The minimum atomic E-state index is 0.306. The van der Waals surface area contributed by atoms with E-state index < -0.39 is 0 Å². The maximum absolute atomic E-state index is 5.98. The van der Waals surface area contributed by atoms with Crippen molar-refractivity contribution in [1.29, 1.82) is 0 Å². The summed E-state index contributed by atoms with van der Waals surface area (Å²) >= 11 is 0. The van der Waals surface area contributed by atoms with Crippen LogP contribution in [0.1, 0.15) is 30.9 Å². The Kier molecular flexibility index (Phi) is 3.46.